The van der Waals surface area contributed by atoms with Gasteiger partial charge in [-0.05, 0) is 26.2 Å². The maximum Gasteiger partial charge on any atom is 0.240 e. The van der Waals surface area contributed by atoms with E-state index in [-0.39, 0.29) is 5.91 Å². The lowest BCUT2D eigenvalue weighted by Gasteiger charge is -2.33. The molecular formula is C16H28N4O3S. The predicted molar refractivity (Wildman–Crippen MR) is 93.1 cm³/mol. The van der Waals surface area contributed by atoms with Crippen LogP contribution in [0.3, 0.4) is 0 Å². The Morgan fingerprint density at radius 2 is 2.08 bits per heavy atom. The molecule has 2 heterocycles. The highest BCUT2D eigenvalue weighted by molar-refractivity contribution is 7.88. The summed E-state index contributed by atoms with van der Waals surface area (Å²) in [7, 11) is -3.38. The number of carbonyl (C=O) groups is 1. The van der Waals surface area contributed by atoms with Gasteiger partial charge in [0.1, 0.15) is 5.82 Å². The number of nitrogens with one attached hydrogen (secondary N) is 1. The topological polar surface area (TPSA) is 84.3 Å². The summed E-state index contributed by atoms with van der Waals surface area (Å²) in [5.41, 5.74) is 0. The first-order valence-corrected chi connectivity index (χ1v) is 10.5. The van der Waals surface area contributed by atoms with Crippen molar-refractivity contribution in [1.29, 1.82) is 0 Å². The van der Waals surface area contributed by atoms with Gasteiger partial charge in [0.05, 0.1) is 12.3 Å². The molecule has 1 atom stereocenters. The molecular weight excluding hydrogens is 328 g/mol. The molecule has 1 aliphatic rings. The van der Waals surface area contributed by atoms with E-state index in [0.717, 1.165) is 44.3 Å². The van der Waals surface area contributed by atoms with E-state index in [9.17, 15) is 13.2 Å². The van der Waals surface area contributed by atoms with Crippen LogP contribution in [0.1, 0.15) is 51.3 Å². The fraction of sp³-hybridized carbons (Fsp3) is 0.750. The number of aromatic nitrogens is 2. The van der Waals surface area contributed by atoms with Gasteiger partial charge in [-0.25, -0.2) is 18.1 Å². The van der Waals surface area contributed by atoms with E-state index in [1.807, 2.05) is 12.4 Å². The molecule has 24 heavy (non-hydrogen) atoms. The molecule has 7 nitrogen and oxygen atoms in total. The molecule has 0 saturated carbocycles. The summed E-state index contributed by atoms with van der Waals surface area (Å²) in [6, 6.07) is -0.719. The van der Waals surface area contributed by atoms with E-state index in [1.165, 1.54) is 0 Å². The van der Waals surface area contributed by atoms with E-state index in [1.54, 1.807) is 11.8 Å². The Labute approximate surface area is 144 Å². The minimum absolute atomic E-state index is 0.159. The first-order chi connectivity index (χ1) is 11.3. The molecule has 1 aliphatic heterocycles. The molecule has 0 aromatic carbocycles. The average Bonchev–Trinajstić information content (AvgIpc) is 2.99. The lowest BCUT2D eigenvalue weighted by molar-refractivity contribution is -0.133. The summed E-state index contributed by atoms with van der Waals surface area (Å²) in [5.74, 6) is 1.31. The van der Waals surface area contributed by atoms with Gasteiger partial charge in [-0.2, -0.15) is 0 Å². The smallest absolute Gasteiger partial charge is 0.240 e. The van der Waals surface area contributed by atoms with E-state index in [4.69, 9.17) is 0 Å². The molecule has 0 spiro atoms. The summed E-state index contributed by atoms with van der Waals surface area (Å²) >= 11 is 0. The van der Waals surface area contributed by atoms with Crippen LogP contribution in [-0.4, -0.2) is 54.2 Å². The lowest BCUT2D eigenvalue weighted by atomic mass is 9.95. The number of imidazole rings is 1. The molecule has 8 heteroatoms. The zero-order chi connectivity index (χ0) is 17.7. The van der Waals surface area contributed by atoms with E-state index in [2.05, 4.69) is 21.2 Å². The zero-order valence-electron chi connectivity index (χ0n) is 14.7. The Kier molecular flexibility index (Phi) is 6.40. The molecule has 1 aromatic rings. The number of nitrogens with zero attached hydrogens (tertiary/aromatic N) is 3. The second kappa shape index (κ2) is 8.11. The van der Waals surface area contributed by atoms with Gasteiger partial charge in [0.15, 0.2) is 0 Å². The lowest BCUT2D eigenvalue weighted by Crippen LogP contribution is -2.49. The van der Waals surface area contributed by atoms with Crippen molar-refractivity contribution < 1.29 is 13.2 Å². The third-order valence-electron chi connectivity index (χ3n) is 4.43. The highest BCUT2D eigenvalue weighted by Crippen LogP contribution is 2.27. The maximum absolute atomic E-state index is 12.4. The monoisotopic (exact) mass is 356 g/mol. The van der Waals surface area contributed by atoms with Crippen LogP contribution in [-0.2, 0) is 21.4 Å². The molecule has 136 valence electrons. The van der Waals surface area contributed by atoms with Gasteiger partial charge < -0.3 is 9.47 Å². The number of rotatable bonds is 7. The largest absolute Gasteiger partial charge is 0.341 e. The molecule has 1 amide bonds. The van der Waals surface area contributed by atoms with Gasteiger partial charge in [-0.15, -0.1) is 0 Å². The molecule has 1 N–H and O–H groups in total. The quantitative estimate of drug-likeness (QED) is 0.799. The van der Waals surface area contributed by atoms with Gasteiger partial charge in [0.2, 0.25) is 15.9 Å². The number of amides is 1. The van der Waals surface area contributed by atoms with Crippen LogP contribution in [0, 0.1) is 0 Å². The van der Waals surface area contributed by atoms with Crippen LogP contribution < -0.4 is 4.72 Å². The Morgan fingerprint density at radius 1 is 1.42 bits per heavy atom. The SMILES string of the molecule is CCCCn1ccnc1C1CCN(C(=O)C(C)NS(C)(=O)=O)CC1. The Morgan fingerprint density at radius 3 is 2.67 bits per heavy atom. The normalized spacial score (nSPS) is 17.9. The van der Waals surface area contributed by atoms with Crippen molar-refractivity contribution in [2.75, 3.05) is 19.3 Å². The van der Waals surface area contributed by atoms with Crippen molar-refractivity contribution in [1.82, 2.24) is 19.2 Å². The van der Waals surface area contributed by atoms with Crippen molar-refractivity contribution in [3.05, 3.63) is 18.2 Å². The number of hydrogen-bond acceptors (Lipinski definition) is 4. The van der Waals surface area contributed by atoms with Gasteiger partial charge in [-0.3, -0.25) is 4.79 Å². The first kappa shape index (κ1) is 18.9. The fourth-order valence-electron chi connectivity index (χ4n) is 3.20. The van der Waals surface area contributed by atoms with Crippen LogP contribution in [0.2, 0.25) is 0 Å². The van der Waals surface area contributed by atoms with Crippen LogP contribution in [0.15, 0.2) is 12.4 Å². The van der Waals surface area contributed by atoms with E-state index in [0.29, 0.717) is 19.0 Å². The van der Waals surface area contributed by atoms with E-state index >= 15 is 0 Å². The summed E-state index contributed by atoms with van der Waals surface area (Å²) in [5, 5.41) is 0. The van der Waals surface area contributed by atoms with Crippen LogP contribution in [0.4, 0.5) is 0 Å². The third-order valence-corrected chi connectivity index (χ3v) is 5.22. The van der Waals surface area contributed by atoms with Crippen LogP contribution >= 0.6 is 0 Å². The minimum atomic E-state index is -3.38. The van der Waals surface area contributed by atoms with Crippen molar-refractivity contribution in [2.24, 2.45) is 0 Å². The number of likely N-dealkylation sites (tertiary alicyclic amines) is 1. The van der Waals surface area contributed by atoms with Crippen molar-refractivity contribution in [3.63, 3.8) is 0 Å². The second-order valence-electron chi connectivity index (χ2n) is 6.54. The van der Waals surface area contributed by atoms with Crippen molar-refractivity contribution >= 4 is 15.9 Å². The van der Waals surface area contributed by atoms with Gasteiger partial charge in [0, 0.05) is 37.9 Å². The van der Waals surface area contributed by atoms with Gasteiger partial charge in [-0.1, -0.05) is 13.3 Å². The van der Waals surface area contributed by atoms with Gasteiger partial charge in [0.25, 0.3) is 0 Å². The van der Waals surface area contributed by atoms with Crippen molar-refractivity contribution in [2.45, 2.75) is 58.0 Å². The Bertz CT molecular complexity index is 648. The number of aryl methyl sites for hydroxylation is 1. The number of piperidine rings is 1. The Hall–Kier alpha value is -1.41. The molecule has 2 rings (SSSR count). The summed E-state index contributed by atoms with van der Waals surface area (Å²) in [6.45, 7) is 6.03. The second-order valence-corrected chi connectivity index (χ2v) is 8.32. The number of sulfonamides is 1. The van der Waals surface area contributed by atoms with Gasteiger partial charge >= 0.3 is 0 Å². The Balaban J connectivity index is 1.91. The first-order valence-electron chi connectivity index (χ1n) is 8.59. The molecule has 0 bridgehead atoms. The zero-order valence-corrected chi connectivity index (χ0v) is 15.6. The maximum atomic E-state index is 12.4. The summed E-state index contributed by atoms with van der Waals surface area (Å²) < 4.78 is 27.1. The fourth-order valence-corrected chi connectivity index (χ4v) is 3.94. The summed E-state index contributed by atoms with van der Waals surface area (Å²) in [4.78, 5) is 18.6. The van der Waals surface area contributed by atoms with E-state index < -0.39 is 16.1 Å². The van der Waals surface area contributed by atoms with Crippen LogP contribution in [0.25, 0.3) is 0 Å². The number of unbranched alkanes of at least 4 members (excludes halogenated alkanes) is 1. The molecule has 0 aliphatic carbocycles. The molecule has 1 unspecified atom stereocenters. The summed E-state index contributed by atoms with van der Waals surface area (Å²) in [6.07, 6.45) is 8.95. The van der Waals surface area contributed by atoms with Crippen molar-refractivity contribution in [3.8, 4) is 0 Å². The standard InChI is InChI=1S/C16H28N4O3S/c1-4-5-9-19-12-8-17-15(19)14-6-10-20(11-7-14)16(21)13(2)18-24(3,22)23/h8,12-14,18H,4-7,9-11H2,1-3H3. The number of carbonyl (C=O) groups excluding carboxylic acids is 1. The van der Waals surface area contributed by atoms with Crippen LogP contribution in [0.5, 0.6) is 0 Å². The molecule has 1 aromatic heterocycles. The predicted octanol–water partition coefficient (Wildman–Crippen LogP) is 1.33. The molecule has 0 radical (unpaired) electrons. The highest BCUT2D eigenvalue weighted by atomic mass is 32.2. The molecule has 1 saturated heterocycles. The average molecular weight is 356 g/mol. The minimum Gasteiger partial charge on any atom is -0.341 e. The number of hydrogen-bond donors (Lipinski definition) is 1. The third kappa shape index (κ3) is 5.04. The molecule has 1 fully saturated rings. The highest BCUT2D eigenvalue weighted by Gasteiger charge is 2.29.